The first-order valence-corrected chi connectivity index (χ1v) is 12.4. The number of nitrogens with one attached hydrogen (secondary N) is 1. The van der Waals surface area contributed by atoms with Gasteiger partial charge >= 0.3 is 0 Å². The van der Waals surface area contributed by atoms with E-state index in [9.17, 15) is 8.42 Å². The number of likely N-dealkylation sites (N-methyl/N-ethyl adjacent to an activating group) is 1. The van der Waals surface area contributed by atoms with Gasteiger partial charge in [-0.15, -0.1) is 24.0 Å². The number of ether oxygens (including phenoxy) is 1. The van der Waals surface area contributed by atoms with Crippen LogP contribution >= 0.6 is 24.0 Å². The summed E-state index contributed by atoms with van der Waals surface area (Å²) in [6, 6.07) is 0. The molecule has 11 heteroatoms. The van der Waals surface area contributed by atoms with Crippen molar-refractivity contribution in [3.05, 3.63) is 0 Å². The molecule has 2 heterocycles. The molecule has 2 fully saturated rings. The van der Waals surface area contributed by atoms with Crippen molar-refractivity contribution in [2.45, 2.75) is 26.4 Å². The van der Waals surface area contributed by atoms with Gasteiger partial charge in [-0.1, -0.05) is 0 Å². The minimum atomic E-state index is -3.26. The maximum Gasteiger partial charge on any atom is 0.216 e. The quantitative estimate of drug-likeness (QED) is 0.258. The SMILES string of the molecule is CN=C(NCCN1CCCN(C)CC1)N1CCN(S(=O)(=O)CCOC(C)C)CC1.I. The lowest BCUT2D eigenvalue weighted by atomic mass is 10.3. The van der Waals surface area contributed by atoms with E-state index in [1.807, 2.05) is 13.8 Å². The molecule has 30 heavy (non-hydrogen) atoms. The van der Waals surface area contributed by atoms with Crippen LogP contribution in [-0.2, 0) is 14.8 Å². The minimum absolute atomic E-state index is 0. The molecule has 0 amide bonds. The molecule has 1 N–H and O–H groups in total. The van der Waals surface area contributed by atoms with Crippen LogP contribution < -0.4 is 5.32 Å². The second-order valence-corrected chi connectivity index (χ2v) is 10.2. The molecule has 0 radical (unpaired) electrons. The molecule has 2 aliphatic heterocycles. The second kappa shape index (κ2) is 14.0. The highest BCUT2D eigenvalue weighted by Crippen LogP contribution is 2.09. The van der Waals surface area contributed by atoms with Crippen LogP contribution in [0, 0.1) is 0 Å². The van der Waals surface area contributed by atoms with E-state index >= 15 is 0 Å². The molecule has 0 saturated carbocycles. The number of aliphatic imine (C=N–C) groups is 1. The summed E-state index contributed by atoms with van der Waals surface area (Å²) in [6.07, 6.45) is 1.26. The number of guanidine groups is 1. The maximum absolute atomic E-state index is 12.5. The van der Waals surface area contributed by atoms with Crippen molar-refractivity contribution < 1.29 is 13.2 Å². The van der Waals surface area contributed by atoms with Gasteiger partial charge in [0, 0.05) is 59.4 Å². The summed E-state index contributed by atoms with van der Waals surface area (Å²) in [5, 5.41) is 3.45. The molecule has 178 valence electrons. The average Bonchev–Trinajstić information content (AvgIpc) is 2.89. The van der Waals surface area contributed by atoms with Crippen molar-refractivity contribution in [2.75, 3.05) is 91.9 Å². The molecule has 0 unspecified atom stereocenters. The van der Waals surface area contributed by atoms with Crippen LogP contribution in [0.5, 0.6) is 0 Å². The lowest BCUT2D eigenvalue weighted by Crippen LogP contribution is -2.54. The van der Waals surface area contributed by atoms with Crippen molar-refractivity contribution >= 4 is 40.0 Å². The molecule has 0 atom stereocenters. The molecule has 0 aromatic rings. The fourth-order valence-electron chi connectivity index (χ4n) is 3.68. The molecule has 0 aromatic heterocycles. The van der Waals surface area contributed by atoms with E-state index in [1.165, 1.54) is 13.0 Å². The standard InChI is InChI=1S/C19H40N6O3S.HI/c1-18(2)28-16-17-29(26,27)25-14-12-24(13-15-25)19(20-3)21-6-9-23-8-5-7-22(4)10-11-23;/h18H,5-17H2,1-4H3,(H,20,21);1H. The highest BCUT2D eigenvalue weighted by molar-refractivity contribution is 14.0. The molecule has 0 spiro atoms. The Morgan fingerprint density at radius 3 is 2.40 bits per heavy atom. The van der Waals surface area contributed by atoms with E-state index in [1.54, 1.807) is 11.4 Å². The monoisotopic (exact) mass is 560 g/mol. The highest BCUT2D eigenvalue weighted by Gasteiger charge is 2.28. The number of rotatable bonds is 8. The van der Waals surface area contributed by atoms with Gasteiger partial charge in [0.25, 0.3) is 0 Å². The van der Waals surface area contributed by atoms with Crippen LogP contribution in [0.3, 0.4) is 0 Å². The zero-order chi connectivity index (χ0) is 21.3. The third-order valence-corrected chi connectivity index (χ3v) is 7.29. The summed E-state index contributed by atoms with van der Waals surface area (Å²) in [7, 11) is 0.705. The zero-order valence-corrected chi connectivity index (χ0v) is 22.2. The Morgan fingerprint density at radius 2 is 1.77 bits per heavy atom. The third kappa shape index (κ3) is 9.51. The van der Waals surface area contributed by atoms with E-state index in [2.05, 4.69) is 32.1 Å². The Morgan fingerprint density at radius 1 is 1.07 bits per heavy atom. The van der Waals surface area contributed by atoms with Crippen LogP contribution in [0.25, 0.3) is 0 Å². The van der Waals surface area contributed by atoms with Gasteiger partial charge in [0.1, 0.15) is 0 Å². The van der Waals surface area contributed by atoms with Gasteiger partial charge in [-0.3, -0.25) is 4.99 Å². The smallest absolute Gasteiger partial charge is 0.216 e. The molecule has 0 aromatic carbocycles. The number of halogens is 1. The van der Waals surface area contributed by atoms with Crippen molar-refractivity contribution in [3.63, 3.8) is 0 Å². The first kappa shape index (κ1) is 27.8. The zero-order valence-electron chi connectivity index (χ0n) is 19.0. The van der Waals surface area contributed by atoms with Gasteiger partial charge in [-0.25, -0.2) is 8.42 Å². The molecule has 0 bridgehead atoms. The fraction of sp³-hybridized carbons (Fsp3) is 0.947. The first-order valence-electron chi connectivity index (χ1n) is 10.8. The van der Waals surface area contributed by atoms with Crippen molar-refractivity contribution in [1.82, 2.24) is 24.3 Å². The van der Waals surface area contributed by atoms with E-state index in [0.717, 1.165) is 38.7 Å². The Bertz CT molecular complexity index is 611. The maximum atomic E-state index is 12.5. The molecule has 9 nitrogen and oxygen atoms in total. The summed E-state index contributed by atoms with van der Waals surface area (Å²) in [5.74, 6) is 0.903. The largest absolute Gasteiger partial charge is 0.378 e. The Kier molecular flexibility index (Phi) is 13.0. The summed E-state index contributed by atoms with van der Waals surface area (Å²) in [6.45, 7) is 12.7. The van der Waals surface area contributed by atoms with Gasteiger partial charge in [-0.2, -0.15) is 4.31 Å². The molecular formula is C19H41IN6O3S. The van der Waals surface area contributed by atoms with Crippen molar-refractivity contribution in [3.8, 4) is 0 Å². The Labute approximate surface area is 200 Å². The Hall–Kier alpha value is -0.210. The van der Waals surface area contributed by atoms with Crippen LogP contribution in [0.4, 0.5) is 0 Å². The summed E-state index contributed by atoms with van der Waals surface area (Å²) < 4.78 is 31.9. The molecule has 2 saturated heterocycles. The van der Waals surface area contributed by atoms with Crippen LogP contribution in [0.2, 0.25) is 0 Å². The van der Waals surface area contributed by atoms with Crippen molar-refractivity contribution in [1.29, 1.82) is 0 Å². The summed E-state index contributed by atoms with van der Waals surface area (Å²) >= 11 is 0. The van der Waals surface area contributed by atoms with Gasteiger partial charge in [0.15, 0.2) is 5.96 Å². The van der Waals surface area contributed by atoms with E-state index < -0.39 is 10.0 Å². The van der Waals surface area contributed by atoms with Gasteiger partial charge < -0.3 is 24.8 Å². The number of hydrogen-bond acceptors (Lipinski definition) is 6. The van der Waals surface area contributed by atoms with E-state index in [-0.39, 0.29) is 42.4 Å². The van der Waals surface area contributed by atoms with E-state index in [4.69, 9.17) is 4.74 Å². The predicted octanol–water partition coefficient (Wildman–Crippen LogP) is 0.190. The van der Waals surface area contributed by atoms with Gasteiger partial charge in [0.05, 0.1) is 18.5 Å². The van der Waals surface area contributed by atoms with Crippen LogP contribution in [0.15, 0.2) is 4.99 Å². The summed E-state index contributed by atoms with van der Waals surface area (Å²) in [5.41, 5.74) is 0. The topological polar surface area (TPSA) is 80.7 Å². The first-order chi connectivity index (χ1) is 13.8. The lowest BCUT2D eigenvalue weighted by Gasteiger charge is -2.36. The predicted molar refractivity (Wildman–Crippen MR) is 133 cm³/mol. The normalized spacial score (nSPS) is 20.8. The van der Waals surface area contributed by atoms with Gasteiger partial charge in [0.2, 0.25) is 10.0 Å². The number of piperazine rings is 1. The lowest BCUT2D eigenvalue weighted by molar-refractivity contribution is 0.0904. The number of nitrogens with zero attached hydrogens (tertiary/aromatic N) is 5. The molecular weight excluding hydrogens is 519 g/mol. The third-order valence-electron chi connectivity index (χ3n) is 5.46. The van der Waals surface area contributed by atoms with Crippen LogP contribution in [0.1, 0.15) is 20.3 Å². The van der Waals surface area contributed by atoms with Gasteiger partial charge in [-0.05, 0) is 40.4 Å². The minimum Gasteiger partial charge on any atom is -0.378 e. The van der Waals surface area contributed by atoms with Crippen molar-refractivity contribution in [2.24, 2.45) is 4.99 Å². The number of hydrogen-bond donors (Lipinski definition) is 1. The summed E-state index contributed by atoms with van der Waals surface area (Å²) in [4.78, 5) is 11.4. The molecule has 2 rings (SSSR count). The average molecular weight is 561 g/mol. The molecule has 2 aliphatic rings. The van der Waals surface area contributed by atoms with Crippen LogP contribution in [-0.4, -0.2) is 131 Å². The van der Waals surface area contributed by atoms with E-state index in [0.29, 0.717) is 26.2 Å². The highest BCUT2D eigenvalue weighted by atomic mass is 127. The fourth-order valence-corrected chi connectivity index (χ4v) is 4.96. The molecule has 0 aliphatic carbocycles. The second-order valence-electron chi connectivity index (χ2n) is 8.09. The number of sulfonamides is 1. The Balaban J connectivity index is 0.00000450.